The third-order valence-electron chi connectivity index (χ3n) is 3.08. The Morgan fingerprint density at radius 1 is 1.24 bits per heavy atom. The number of hydrogen-bond donors (Lipinski definition) is 3. The molecule has 0 spiro atoms. The van der Waals surface area contributed by atoms with E-state index < -0.39 is 0 Å². The molecule has 0 aliphatic carbocycles. The quantitative estimate of drug-likeness (QED) is 0.624. The summed E-state index contributed by atoms with van der Waals surface area (Å²) in [5.74, 6) is 0.383. The van der Waals surface area contributed by atoms with E-state index in [2.05, 4.69) is 20.8 Å². The zero-order valence-electron chi connectivity index (χ0n) is 12.8. The number of carbonyl (C=O) groups excluding carboxylic acids is 1. The van der Waals surface area contributed by atoms with Crippen LogP contribution in [0.15, 0.2) is 0 Å². The summed E-state index contributed by atoms with van der Waals surface area (Å²) in [6.07, 6.45) is 2.43. The minimum atomic E-state index is -0.0924. The molecule has 116 valence electrons. The van der Waals surface area contributed by atoms with Gasteiger partial charge >= 0.3 is 0 Å². The molecule has 0 aromatic carbocycles. The van der Waals surface area contributed by atoms with Crippen LogP contribution in [0.5, 0.6) is 0 Å². The lowest BCUT2D eigenvalue weighted by Crippen LogP contribution is -2.31. The summed E-state index contributed by atoms with van der Waals surface area (Å²) >= 11 is 5.13. The number of rotatable bonds is 8. The summed E-state index contributed by atoms with van der Waals surface area (Å²) in [6.45, 7) is 6.82. The third kappa shape index (κ3) is 4.63. The molecule has 1 amide bonds. The number of nitrogens with zero attached hydrogens (tertiary/aromatic N) is 2. The van der Waals surface area contributed by atoms with Gasteiger partial charge in [0.05, 0.1) is 17.8 Å². The molecule has 21 heavy (non-hydrogen) atoms. The number of thiocarbonyl (C=S) groups is 1. The summed E-state index contributed by atoms with van der Waals surface area (Å²) in [7, 11) is 0. The van der Waals surface area contributed by atoms with E-state index in [1.807, 2.05) is 20.8 Å². The summed E-state index contributed by atoms with van der Waals surface area (Å²) in [6, 6.07) is 0. The highest BCUT2D eigenvalue weighted by Crippen LogP contribution is 2.20. The van der Waals surface area contributed by atoms with Crippen LogP contribution >= 0.6 is 12.2 Å². The zero-order chi connectivity index (χ0) is 15.8. The second kappa shape index (κ2) is 8.51. The lowest BCUT2D eigenvalue weighted by Gasteiger charge is -2.15. The van der Waals surface area contributed by atoms with Crippen molar-refractivity contribution in [2.24, 2.45) is 5.73 Å². The molecule has 7 heteroatoms. The van der Waals surface area contributed by atoms with E-state index in [1.165, 1.54) is 0 Å². The third-order valence-corrected chi connectivity index (χ3v) is 3.29. The van der Waals surface area contributed by atoms with Crippen LogP contribution in [0.4, 0.5) is 5.82 Å². The van der Waals surface area contributed by atoms with E-state index in [4.69, 9.17) is 18.0 Å². The van der Waals surface area contributed by atoms with E-state index in [0.717, 1.165) is 30.5 Å². The van der Waals surface area contributed by atoms with Gasteiger partial charge in [-0.3, -0.25) is 4.79 Å². The highest BCUT2D eigenvalue weighted by atomic mass is 32.1. The molecule has 1 rings (SSSR count). The first-order chi connectivity index (χ1) is 10.0. The largest absolute Gasteiger partial charge is 0.389 e. The van der Waals surface area contributed by atoms with Crippen molar-refractivity contribution in [2.45, 2.75) is 40.0 Å². The standard InChI is InChI=1S/C14H23N5OS/c1-4-7-16-11(20)8-17-14-12(13(15)21)9(5-2)10(6-3)18-19-14/h4-8H2,1-3H3,(H2,15,21)(H,16,20)(H,17,19). The number of hydrogen-bond acceptors (Lipinski definition) is 5. The monoisotopic (exact) mass is 309 g/mol. The van der Waals surface area contributed by atoms with Crippen molar-refractivity contribution < 1.29 is 4.79 Å². The average Bonchev–Trinajstić information content (AvgIpc) is 2.49. The zero-order valence-corrected chi connectivity index (χ0v) is 13.6. The van der Waals surface area contributed by atoms with Crippen molar-refractivity contribution in [3.63, 3.8) is 0 Å². The van der Waals surface area contributed by atoms with Crippen molar-refractivity contribution in [1.29, 1.82) is 0 Å². The van der Waals surface area contributed by atoms with E-state index in [1.54, 1.807) is 0 Å². The summed E-state index contributed by atoms with van der Waals surface area (Å²) < 4.78 is 0. The summed E-state index contributed by atoms with van der Waals surface area (Å²) in [5, 5.41) is 14.1. The first-order valence-electron chi connectivity index (χ1n) is 7.23. The highest BCUT2D eigenvalue weighted by molar-refractivity contribution is 7.80. The molecule has 1 aromatic heterocycles. The molecule has 0 aliphatic heterocycles. The molecule has 0 saturated carbocycles. The van der Waals surface area contributed by atoms with Crippen molar-refractivity contribution in [2.75, 3.05) is 18.4 Å². The van der Waals surface area contributed by atoms with Gasteiger partial charge < -0.3 is 16.4 Å². The molecule has 0 bridgehead atoms. The maximum absolute atomic E-state index is 11.6. The molecule has 1 heterocycles. The van der Waals surface area contributed by atoms with Gasteiger partial charge in [0.15, 0.2) is 5.82 Å². The first-order valence-corrected chi connectivity index (χ1v) is 7.64. The number of nitrogens with one attached hydrogen (secondary N) is 2. The molecule has 0 saturated heterocycles. The van der Waals surface area contributed by atoms with Crippen LogP contribution in [0.25, 0.3) is 0 Å². The molecule has 6 nitrogen and oxygen atoms in total. The number of aryl methyl sites for hydroxylation is 1. The Hall–Kier alpha value is -1.76. The van der Waals surface area contributed by atoms with Gasteiger partial charge in [-0.1, -0.05) is 33.0 Å². The maximum atomic E-state index is 11.6. The van der Waals surface area contributed by atoms with Gasteiger partial charge in [0.2, 0.25) is 5.91 Å². The minimum Gasteiger partial charge on any atom is -0.389 e. The van der Waals surface area contributed by atoms with Gasteiger partial charge in [-0.2, -0.15) is 5.10 Å². The second-order valence-corrected chi connectivity index (χ2v) is 5.06. The molecule has 0 fully saturated rings. The van der Waals surface area contributed by atoms with Gasteiger partial charge in [0.1, 0.15) is 4.99 Å². The topological polar surface area (TPSA) is 92.9 Å². The van der Waals surface area contributed by atoms with Gasteiger partial charge in [0.25, 0.3) is 0 Å². The molecule has 0 atom stereocenters. The molecule has 4 N–H and O–H groups in total. The number of amides is 1. The molecular formula is C14H23N5OS. The number of carbonyl (C=O) groups is 1. The lowest BCUT2D eigenvalue weighted by molar-refractivity contribution is -0.119. The Bertz CT molecular complexity index is 518. The fourth-order valence-electron chi connectivity index (χ4n) is 2.05. The van der Waals surface area contributed by atoms with Crippen molar-refractivity contribution >= 4 is 28.9 Å². The van der Waals surface area contributed by atoms with E-state index >= 15 is 0 Å². The Balaban J connectivity index is 2.96. The predicted molar refractivity (Wildman–Crippen MR) is 88.5 cm³/mol. The Morgan fingerprint density at radius 3 is 2.48 bits per heavy atom. The molecular weight excluding hydrogens is 286 g/mol. The Morgan fingerprint density at radius 2 is 1.95 bits per heavy atom. The molecule has 1 aromatic rings. The van der Waals surface area contributed by atoms with Gasteiger partial charge in [-0.05, 0) is 24.8 Å². The first kappa shape index (κ1) is 17.3. The van der Waals surface area contributed by atoms with Crippen LogP contribution in [0, 0.1) is 0 Å². The van der Waals surface area contributed by atoms with E-state index in [0.29, 0.717) is 17.9 Å². The van der Waals surface area contributed by atoms with Gasteiger partial charge in [0, 0.05) is 6.54 Å². The number of aromatic nitrogens is 2. The highest BCUT2D eigenvalue weighted by Gasteiger charge is 2.17. The van der Waals surface area contributed by atoms with E-state index in [9.17, 15) is 4.79 Å². The minimum absolute atomic E-state index is 0.0924. The Kier molecular flexibility index (Phi) is 7.01. The van der Waals surface area contributed by atoms with E-state index in [-0.39, 0.29) is 17.4 Å². The summed E-state index contributed by atoms with van der Waals surface area (Å²) in [5.41, 5.74) is 8.41. The van der Waals surface area contributed by atoms with Crippen LogP contribution in [-0.4, -0.2) is 34.2 Å². The number of nitrogens with two attached hydrogens (primary N) is 1. The van der Waals surface area contributed by atoms with Crippen LogP contribution in [0.1, 0.15) is 44.0 Å². The molecule has 0 radical (unpaired) electrons. The SMILES string of the molecule is CCCNC(=O)CNc1nnc(CC)c(CC)c1C(N)=S. The van der Waals surface area contributed by atoms with Crippen LogP contribution in [0.3, 0.4) is 0 Å². The van der Waals surface area contributed by atoms with Crippen LogP contribution in [0.2, 0.25) is 0 Å². The second-order valence-electron chi connectivity index (χ2n) is 4.62. The van der Waals surface area contributed by atoms with Crippen molar-refractivity contribution in [3.8, 4) is 0 Å². The van der Waals surface area contributed by atoms with Gasteiger partial charge in [-0.15, -0.1) is 5.10 Å². The predicted octanol–water partition coefficient (Wildman–Crippen LogP) is 1.17. The van der Waals surface area contributed by atoms with Gasteiger partial charge in [-0.25, -0.2) is 0 Å². The Labute approximate surface area is 130 Å². The summed E-state index contributed by atoms with van der Waals surface area (Å²) in [4.78, 5) is 11.9. The molecule has 0 aliphatic rings. The fraction of sp³-hybridized carbons (Fsp3) is 0.571. The normalized spacial score (nSPS) is 10.2. The van der Waals surface area contributed by atoms with Crippen LogP contribution in [-0.2, 0) is 17.6 Å². The average molecular weight is 309 g/mol. The van der Waals surface area contributed by atoms with Crippen molar-refractivity contribution in [1.82, 2.24) is 15.5 Å². The van der Waals surface area contributed by atoms with Crippen molar-refractivity contribution in [3.05, 3.63) is 16.8 Å². The fourth-order valence-corrected chi connectivity index (χ4v) is 2.27. The number of anilines is 1. The van der Waals surface area contributed by atoms with Crippen LogP contribution < -0.4 is 16.4 Å². The lowest BCUT2D eigenvalue weighted by atomic mass is 10.0. The maximum Gasteiger partial charge on any atom is 0.239 e. The smallest absolute Gasteiger partial charge is 0.239 e. The molecule has 0 unspecified atom stereocenters.